The molecule has 0 aromatic carbocycles. The Hall–Kier alpha value is -1.06. The average molecular weight is 241 g/mol. The molecule has 4 heteroatoms. The van der Waals surface area contributed by atoms with Crippen LogP contribution in [0.3, 0.4) is 0 Å². The van der Waals surface area contributed by atoms with Gasteiger partial charge in [-0.2, -0.15) is 0 Å². The van der Waals surface area contributed by atoms with E-state index in [1.54, 1.807) is 0 Å². The zero-order valence-corrected chi connectivity index (χ0v) is 10.8. The molecule has 0 unspecified atom stereocenters. The van der Waals surface area contributed by atoms with Gasteiger partial charge in [0.15, 0.2) is 0 Å². The number of hydrogen-bond acceptors (Lipinski definition) is 3. The molecule has 4 nitrogen and oxygen atoms in total. The Bertz CT molecular complexity index is 257. The van der Waals surface area contributed by atoms with E-state index in [4.69, 9.17) is 0 Å². The fourth-order valence-corrected chi connectivity index (χ4v) is 2.42. The highest BCUT2D eigenvalue weighted by Gasteiger charge is 2.22. The molecule has 0 bridgehead atoms. The molecular formula is C13H23NO3. The number of methoxy groups -OCH3 is 1. The van der Waals surface area contributed by atoms with Crippen LogP contribution >= 0.6 is 0 Å². The van der Waals surface area contributed by atoms with E-state index in [-0.39, 0.29) is 12.5 Å². The van der Waals surface area contributed by atoms with Crippen molar-refractivity contribution in [2.45, 2.75) is 45.4 Å². The topological polar surface area (TPSA) is 55.4 Å². The molecule has 0 aliphatic heterocycles. The summed E-state index contributed by atoms with van der Waals surface area (Å²) in [5, 5.41) is 2.59. The van der Waals surface area contributed by atoms with E-state index >= 15 is 0 Å². The van der Waals surface area contributed by atoms with E-state index in [1.165, 1.54) is 26.4 Å². The molecule has 0 saturated heterocycles. The van der Waals surface area contributed by atoms with Crippen molar-refractivity contribution >= 4 is 11.9 Å². The Balaban J connectivity index is 2.17. The van der Waals surface area contributed by atoms with Crippen LogP contribution in [0.1, 0.15) is 45.4 Å². The number of amides is 1. The minimum atomic E-state index is -0.395. The molecule has 1 rings (SSSR count). The molecule has 1 amide bonds. The Morgan fingerprint density at radius 1 is 1.18 bits per heavy atom. The summed E-state index contributed by atoms with van der Waals surface area (Å²) < 4.78 is 4.47. The maximum absolute atomic E-state index is 11.6. The number of ether oxygens (including phenoxy) is 1. The number of esters is 1. The highest BCUT2D eigenvalue weighted by molar-refractivity contribution is 5.81. The zero-order valence-electron chi connectivity index (χ0n) is 10.8. The highest BCUT2D eigenvalue weighted by Crippen LogP contribution is 2.32. The first-order valence-corrected chi connectivity index (χ1v) is 6.49. The summed E-state index contributed by atoms with van der Waals surface area (Å²) in [4.78, 5) is 22.4. The third-order valence-electron chi connectivity index (χ3n) is 3.68. The summed E-state index contributed by atoms with van der Waals surface area (Å²) in [7, 11) is 1.32. The first-order valence-electron chi connectivity index (χ1n) is 6.49. The van der Waals surface area contributed by atoms with Gasteiger partial charge in [-0.05, 0) is 24.7 Å². The fourth-order valence-electron chi connectivity index (χ4n) is 2.42. The largest absolute Gasteiger partial charge is 0.468 e. The molecule has 1 N–H and O–H groups in total. The second-order valence-electron chi connectivity index (χ2n) is 4.85. The summed E-state index contributed by atoms with van der Waals surface area (Å²) in [5.41, 5.74) is 0. The van der Waals surface area contributed by atoms with E-state index in [0.29, 0.717) is 12.3 Å². The molecule has 1 saturated carbocycles. The van der Waals surface area contributed by atoms with E-state index < -0.39 is 5.97 Å². The van der Waals surface area contributed by atoms with E-state index in [1.807, 2.05) is 0 Å². The number of carbonyl (C=O) groups excluding carboxylic acids is 2. The van der Waals surface area contributed by atoms with Gasteiger partial charge in [0.25, 0.3) is 0 Å². The van der Waals surface area contributed by atoms with E-state index in [9.17, 15) is 9.59 Å². The summed E-state index contributed by atoms with van der Waals surface area (Å²) in [5.74, 6) is 0.920. The monoisotopic (exact) mass is 241 g/mol. The summed E-state index contributed by atoms with van der Waals surface area (Å²) in [6.07, 6.45) is 6.57. The van der Waals surface area contributed by atoms with Crippen molar-refractivity contribution in [1.29, 1.82) is 0 Å². The van der Waals surface area contributed by atoms with Crippen LogP contribution in [-0.2, 0) is 14.3 Å². The van der Waals surface area contributed by atoms with Crippen LogP contribution in [0.2, 0.25) is 0 Å². The van der Waals surface area contributed by atoms with Gasteiger partial charge in [-0.15, -0.1) is 0 Å². The maximum Gasteiger partial charge on any atom is 0.325 e. The second kappa shape index (κ2) is 7.30. The lowest BCUT2D eigenvalue weighted by Gasteiger charge is -2.27. The molecule has 0 radical (unpaired) electrons. The first-order chi connectivity index (χ1) is 8.15. The summed E-state index contributed by atoms with van der Waals surface area (Å²) in [6, 6.07) is 0. The molecule has 0 atom stereocenters. The van der Waals surface area contributed by atoms with Crippen LogP contribution in [0.5, 0.6) is 0 Å². The van der Waals surface area contributed by atoms with Gasteiger partial charge in [-0.3, -0.25) is 9.59 Å². The first kappa shape index (κ1) is 14.0. The number of hydrogen-bond donors (Lipinski definition) is 1. The molecule has 0 aromatic heterocycles. The van der Waals surface area contributed by atoms with E-state index in [2.05, 4.69) is 17.0 Å². The standard InChI is InChI=1S/C13H23NO3/c1-3-10-4-6-11(7-5-10)8-12(15)14-9-13(16)17-2/h10-11H,3-9H2,1-2H3,(H,14,15). The van der Waals surface area contributed by atoms with E-state index in [0.717, 1.165) is 18.8 Å². The van der Waals surface area contributed by atoms with Gasteiger partial charge >= 0.3 is 5.97 Å². The van der Waals surface area contributed by atoms with Crippen LogP contribution in [0.15, 0.2) is 0 Å². The van der Waals surface area contributed by atoms with Crippen LogP contribution < -0.4 is 5.32 Å². The number of rotatable bonds is 5. The molecule has 0 aromatic rings. The fraction of sp³-hybridized carbons (Fsp3) is 0.846. The van der Waals surface area contributed by atoms with Gasteiger partial charge in [-0.1, -0.05) is 26.2 Å². The SMILES string of the molecule is CCC1CCC(CC(=O)NCC(=O)OC)CC1. The minimum Gasteiger partial charge on any atom is -0.468 e. The minimum absolute atomic E-state index is 0.0142. The molecular weight excluding hydrogens is 218 g/mol. The molecule has 1 fully saturated rings. The predicted octanol–water partition coefficient (Wildman–Crippen LogP) is 1.88. The van der Waals surface area contributed by atoms with Crippen LogP contribution in [0.25, 0.3) is 0 Å². The Morgan fingerprint density at radius 2 is 1.76 bits per heavy atom. The summed E-state index contributed by atoms with van der Waals surface area (Å²) in [6.45, 7) is 2.22. The van der Waals surface area contributed by atoms with Gasteiger partial charge in [-0.25, -0.2) is 0 Å². The summed E-state index contributed by atoms with van der Waals surface area (Å²) >= 11 is 0. The van der Waals surface area contributed by atoms with Crippen molar-refractivity contribution in [2.75, 3.05) is 13.7 Å². The van der Waals surface area contributed by atoms with Crippen molar-refractivity contribution in [3.05, 3.63) is 0 Å². The lowest BCUT2D eigenvalue weighted by Crippen LogP contribution is -2.32. The smallest absolute Gasteiger partial charge is 0.325 e. The Morgan fingerprint density at radius 3 is 2.29 bits per heavy atom. The van der Waals surface area contributed by atoms with Crippen molar-refractivity contribution in [1.82, 2.24) is 5.32 Å². The van der Waals surface area contributed by atoms with Crippen molar-refractivity contribution < 1.29 is 14.3 Å². The lowest BCUT2D eigenvalue weighted by atomic mass is 9.79. The predicted molar refractivity (Wildman–Crippen MR) is 65.4 cm³/mol. The third kappa shape index (κ3) is 5.20. The lowest BCUT2D eigenvalue weighted by molar-refractivity contribution is -0.141. The Kier molecular flexibility index (Phi) is 6.01. The van der Waals surface area contributed by atoms with Gasteiger partial charge in [0.05, 0.1) is 7.11 Å². The van der Waals surface area contributed by atoms with Gasteiger partial charge in [0.2, 0.25) is 5.91 Å². The quantitative estimate of drug-likeness (QED) is 0.748. The molecule has 98 valence electrons. The van der Waals surface area contributed by atoms with Crippen LogP contribution in [0.4, 0.5) is 0 Å². The van der Waals surface area contributed by atoms with Gasteiger partial charge in [0, 0.05) is 6.42 Å². The van der Waals surface area contributed by atoms with Gasteiger partial charge in [0.1, 0.15) is 6.54 Å². The van der Waals surface area contributed by atoms with Crippen LogP contribution in [-0.4, -0.2) is 25.5 Å². The number of nitrogens with one attached hydrogen (secondary N) is 1. The van der Waals surface area contributed by atoms with Crippen molar-refractivity contribution in [2.24, 2.45) is 11.8 Å². The molecule has 17 heavy (non-hydrogen) atoms. The average Bonchev–Trinajstić information content (AvgIpc) is 2.36. The van der Waals surface area contributed by atoms with Crippen LogP contribution in [0, 0.1) is 11.8 Å². The second-order valence-corrected chi connectivity index (χ2v) is 4.85. The molecule has 1 aliphatic carbocycles. The van der Waals surface area contributed by atoms with Crippen molar-refractivity contribution in [3.63, 3.8) is 0 Å². The third-order valence-corrected chi connectivity index (χ3v) is 3.68. The molecule has 1 aliphatic rings. The Labute approximate surface area is 103 Å². The maximum atomic E-state index is 11.6. The molecule has 0 heterocycles. The number of carbonyl (C=O) groups is 2. The van der Waals surface area contributed by atoms with Gasteiger partial charge < -0.3 is 10.1 Å². The normalized spacial score (nSPS) is 24.1. The highest BCUT2D eigenvalue weighted by atomic mass is 16.5. The van der Waals surface area contributed by atoms with Crippen molar-refractivity contribution in [3.8, 4) is 0 Å². The zero-order chi connectivity index (χ0) is 12.7. The molecule has 0 spiro atoms.